The summed E-state index contributed by atoms with van der Waals surface area (Å²) in [6.45, 7) is 4.50. The number of benzene rings is 1. The zero-order valence-corrected chi connectivity index (χ0v) is 11.8. The second kappa shape index (κ2) is 7.38. The van der Waals surface area contributed by atoms with Crippen LogP contribution in [-0.4, -0.2) is 66.7 Å². The van der Waals surface area contributed by atoms with Gasteiger partial charge in [0.25, 0.3) is 5.91 Å². The molecule has 1 fully saturated rings. The number of hydrogen-bond acceptors (Lipinski definition) is 4. The van der Waals surface area contributed by atoms with Crippen molar-refractivity contribution in [3.63, 3.8) is 0 Å². The number of β-amino-alcohol motifs (C(OH)–C–C–N with tert-alkyl or cyclic N) is 1. The van der Waals surface area contributed by atoms with E-state index in [4.69, 9.17) is 10.8 Å². The number of amides is 1. The number of hydrogen-bond donors (Lipinski definition) is 2. The van der Waals surface area contributed by atoms with E-state index in [1.54, 1.807) is 0 Å². The van der Waals surface area contributed by atoms with Crippen LogP contribution in [0.15, 0.2) is 24.3 Å². The van der Waals surface area contributed by atoms with Gasteiger partial charge in [0.2, 0.25) is 0 Å². The van der Waals surface area contributed by atoms with Gasteiger partial charge in [-0.05, 0) is 24.6 Å². The van der Waals surface area contributed by atoms with E-state index in [0.717, 1.165) is 43.7 Å². The third kappa shape index (κ3) is 3.56. The van der Waals surface area contributed by atoms with Crippen LogP contribution in [0.5, 0.6) is 0 Å². The highest BCUT2D eigenvalue weighted by Crippen LogP contribution is 2.14. The Bertz CT molecular complexity index is 442. The minimum atomic E-state index is 0.0951. The molecule has 0 radical (unpaired) electrons. The molecule has 0 aromatic heterocycles. The molecular formula is C15H23N3O2. The van der Waals surface area contributed by atoms with Crippen molar-refractivity contribution in [3.8, 4) is 0 Å². The highest BCUT2D eigenvalue weighted by molar-refractivity contribution is 5.95. The molecule has 0 atom stereocenters. The third-order valence-corrected chi connectivity index (χ3v) is 3.74. The SMILES string of the molecule is NCCc1ccccc1C(=O)N1CCN(CCO)CC1. The first-order chi connectivity index (χ1) is 9.76. The molecule has 1 saturated heterocycles. The average molecular weight is 277 g/mol. The Morgan fingerprint density at radius 2 is 1.90 bits per heavy atom. The summed E-state index contributed by atoms with van der Waals surface area (Å²) in [5.41, 5.74) is 7.40. The maximum absolute atomic E-state index is 12.6. The van der Waals surface area contributed by atoms with Crippen LogP contribution in [0, 0.1) is 0 Å². The Hall–Kier alpha value is -1.43. The highest BCUT2D eigenvalue weighted by Gasteiger charge is 2.23. The number of nitrogens with zero attached hydrogens (tertiary/aromatic N) is 2. The van der Waals surface area contributed by atoms with Gasteiger partial charge in [-0.3, -0.25) is 9.69 Å². The van der Waals surface area contributed by atoms with Gasteiger partial charge in [-0.15, -0.1) is 0 Å². The van der Waals surface area contributed by atoms with Gasteiger partial charge in [0.1, 0.15) is 0 Å². The minimum absolute atomic E-state index is 0.0951. The second-order valence-corrected chi connectivity index (χ2v) is 5.05. The lowest BCUT2D eigenvalue weighted by Gasteiger charge is -2.34. The zero-order chi connectivity index (χ0) is 14.4. The molecule has 0 saturated carbocycles. The molecule has 0 spiro atoms. The Kier molecular flexibility index (Phi) is 5.52. The van der Waals surface area contributed by atoms with Crippen LogP contribution in [-0.2, 0) is 6.42 Å². The average Bonchev–Trinajstić information content (AvgIpc) is 2.49. The predicted molar refractivity (Wildman–Crippen MR) is 78.6 cm³/mol. The minimum Gasteiger partial charge on any atom is -0.395 e. The number of rotatable bonds is 5. The normalized spacial score (nSPS) is 16.4. The number of piperazine rings is 1. The predicted octanol–water partition coefficient (Wildman–Crippen LogP) is -0.0621. The molecule has 3 N–H and O–H groups in total. The van der Waals surface area contributed by atoms with E-state index in [0.29, 0.717) is 13.1 Å². The van der Waals surface area contributed by atoms with Gasteiger partial charge in [0, 0.05) is 38.3 Å². The molecule has 1 aliphatic heterocycles. The molecule has 110 valence electrons. The molecule has 1 heterocycles. The van der Waals surface area contributed by atoms with Crippen molar-refractivity contribution in [1.82, 2.24) is 9.80 Å². The second-order valence-electron chi connectivity index (χ2n) is 5.05. The summed E-state index contributed by atoms with van der Waals surface area (Å²) in [6, 6.07) is 7.70. The Morgan fingerprint density at radius 1 is 1.20 bits per heavy atom. The lowest BCUT2D eigenvalue weighted by Crippen LogP contribution is -2.49. The molecule has 20 heavy (non-hydrogen) atoms. The topological polar surface area (TPSA) is 69.8 Å². The summed E-state index contributed by atoms with van der Waals surface area (Å²) in [7, 11) is 0. The van der Waals surface area contributed by atoms with Gasteiger partial charge in [-0.1, -0.05) is 18.2 Å². The summed E-state index contributed by atoms with van der Waals surface area (Å²) in [5.74, 6) is 0.0951. The largest absolute Gasteiger partial charge is 0.395 e. The van der Waals surface area contributed by atoms with Crippen LogP contribution in [0.25, 0.3) is 0 Å². The lowest BCUT2D eigenvalue weighted by atomic mass is 10.0. The van der Waals surface area contributed by atoms with E-state index >= 15 is 0 Å². The molecular weight excluding hydrogens is 254 g/mol. The number of nitrogens with two attached hydrogens (primary N) is 1. The van der Waals surface area contributed by atoms with Gasteiger partial charge >= 0.3 is 0 Å². The van der Waals surface area contributed by atoms with Crippen molar-refractivity contribution < 1.29 is 9.90 Å². The van der Waals surface area contributed by atoms with Crippen LogP contribution in [0.2, 0.25) is 0 Å². The van der Waals surface area contributed by atoms with E-state index in [9.17, 15) is 4.79 Å². The van der Waals surface area contributed by atoms with Crippen molar-refractivity contribution in [3.05, 3.63) is 35.4 Å². The molecule has 1 aliphatic rings. The van der Waals surface area contributed by atoms with E-state index in [-0.39, 0.29) is 12.5 Å². The van der Waals surface area contributed by atoms with Gasteiger partial charge in [-0.2, -0.15) is 0 Å². The molecule has 1 amide bonds. The molecule has 1 aromatic rings. The van der Waals surface area contributed by atoms with E-state index in [1.807, 2.05) is 29.2 Å². The van der Waals surface area contributed by atoms with Crippen molar-refractivity contribution in [2.75, 3.05) is 45.9 Å². The van der Waals surface area contributed by atoms with Gasteiger partial charge in [0.05, 0.1) is 6.61 Å². The maximum Gasteiger partial charge on any atom is 0.254 e. The highest BCUT2D eigenvalue weighted by atomic mass is 16.3. The monoisotopic (exact) mass is 277 g/mol. The molecule has 0 aliphatic carbocycles. The standard InChI is InChI=1S/C15H23N3O2/c16-6-5-13-3-1-2-4-14(13)15(20)18-9-7-17(8-10-18)11-12-19/h1-4,19H,5-12,16H2. The Morgan fingerprint density at radius 3 is 2.55 bits per heavy atom. The van der Waals surface area contributed by atoms with Gasteiger partial charge in [-0.25, -0.2) is 0 Å². The first-order valence-corrected chi connectivity index (χ1v) is 7.16. The number of carbonyl (C=O) groups is 1. The van der Waals surface area contributed by atoms with Crippen LogP contribution in [0.3, 0.4) is 0 Å². The first-order valence-electron chi connectivity index (χ1n) is 7.16. The molecule has 1 aromatic carbocycles. The van der Waals surface area contributed by atoms with E-state index in [1.165, 1.54) is 0 Å². The van der Waals surface area contributed by atoms with Gasteiger partial charge < -0.3 is 15.7 Å². The number of aliphatic hydroxyl groups excluding tert-OH is 1. The van der Waals surface area contributed by atoms with Crippen LogP contribution in [0.1, 0.15) is 15.9 Å². The first kappa shape index (κ1) is 15.0. The van der Waals surface area contributed by atoms with E-state index in [2.05, 4.69) is 4.90 Å². The fourth-order valence-corrected chi connectivity index (χ4v) is 2.59. The molecule has 0 unspecified atom stereocenters. The fourth-order valence-electron chi connectivity index (χ4n) is 2.59. The smallest absolute Gasteiger partial charge is 0.254 e. The fraction of sp³-hybridized carbons (Fsp3) is 0.533. The summed E-state index contributed by atoms with van der Waals surface area (Å²) in [4.78, 5) is 16.6. The molecule has 0 bridgehead atoms. The van der Waals surface area contributed by atoms with E-state index < -0.39 is 0 Å². The number of carbonyl (C=O) groups excluding carboxylic acids is 1. The third-order valence-electron chi connectivity index (χ3n) is 3.74. The molecule has 5 heteroatoms. The lowest BCUT2D eigenvalue weighted by molar-refractivity contribution is 0.0614. The summed E-state index contributed by atoms with van der Waals surface area (Å²) in [5, 5.41) is 8.93. The summed E-state index contributed by atoms with van der Waals surface area (Å²) in [6.07, 6.45) is 0.729. The Balaban J connectivity index is 2.02. The van der Waals surface area contributed by atoms with Crippen LogP contribution >= 0.6 is 0 Å². The van der Waals surface area contributed by atoms with Crippen molar-refractivity contribution in [1.29, 1.82) is 0 Å². The van der Waals surface area contributed by atoms with Crippen molar-refractivity contribution >= 4 is 5.91 Å². The van der Waals surface area contributed by atoms with Gasteiger partial charge in [0.15, 0.2) is 0 Å². The molecule has 5 nitrogen and oxygen atoms in total. The summed E-state index contributed by atoms with van der Waals surface area (Å²) < 4.78 is 0. The maximum atomic E-state index is 12.6. The quantitative estimate of drug-likeness (QED) is 0.791. The van der Waals surface area contributed by atoms with Crippen LogP contribution < -0.4 is 5.73 Å². The zero-order valence-electron chi connectivity index (χ0n) is 11.8. The van der Waals surface area contributed by atoms with Crippen LogP contribution in [0.4, 0.5) is 0 Å². The summed E-state index contributed by atoms with van der Waals surface area (Å²) >= 11 is 0. The van der Waals surface area contributed by atoms with Crippen molar-refractivity contribution in [2.24, 2.45) is 5.73 Å². The Labute approximate surface area is 120 Å². The molecule has 2 rings (SSSR count). The van der Waals surface area contributed by atoms with Crippen molar-refractivity contribution in [2.45, 2.75) is 6.42 Å². The number of aliphatic hydroxyl groups is 1.